The van der Waals surface area contributed by atoms with Gasteiger partial charge < -0.3 is 15.2 Å². The van der Waals surface area contributed by atoms with Crippen LogP contribution in [0.4, 0.5) is 8.78 Å². The molecule has 114 valence electrons. The molecule has 1 aromatic rings. The summed E-state index contributed by atoms with van der Waals surface area (Å²) in [7, 11) is 0. The first kappa shape index (κ1) is 16.9. The molecule has 0 fully saturated rings. The average molecular weight is 287 g/mol. The predicted octanol–water partition coefficient (Wildman–Crippen LogP) is 2.91. The summed E-state index contributed by atoms with van der Waals surface area (Å²) >= 11 is 0. The van der Waals surface area contributed by atoms with E-state index in [1.54, 1.807) is 0 Å². The summed E-state index contributed by atoms with van der Waals surface area (Å²) in [5.74, 6) is -1.18. The maximum Gasteiger partial charge on any atom is 0.190 e. The summed E-state index contributed by atoms with van der Waals surface area (Å²) in [5, 5.41) is 0. The van der Waals surface area contributed by atoms with Crippen molar-refractivity contribution in [2.75, 3.05) is 26.4 Å². The third-order valence-electron chi connectivity index (χ3n) is 2.80. The lowest BCUT2D eigenvalue weighted by atomic mass is 10.1. The second kappa shape index (κ2) is 8.87. The van der Waals surface area contributed by atoms with Gasteiger partial charge in [-0.25, -0.2) is 8.78 Å². The highest BCUT2D eigenvalue weighted by atomic mass is 19.1. The fraction of sp³-hybridized carbons (Fsp3) is 0.600. The first-order valence-electron chi connectivity index (χ1n) is 6.93. The molecule has 1 rings (SSSR count). The van der Waals surface area contributed by atoms with Crippen LogP contribution in [0.3, 0.4) is 0 Å². The topological polar surface area (TPSA) is 44.5 Å². The van der Waals surface area contributed by atoms with Crippen LogP contribution >= 0.6 is 0 Å². The van der Waals surface area contributed by atoms with E-state index >= 15 is 0 Å². The van der Waals surface area contributed by atoms with Gasteiger partial charge in [0.05, 0.1) is 6.61 Å². The molecule has 0 bridgehead atoms. The Morgan fingerprint density at radius 2 is 1.75 bits per heavy atom. The normalized spacial score (nSPS) is 11.1. The Balaban J connectivity index is 2.40. The number of rotatable bonds is 9. The van der Waals surface area contributed by atoms with Gasteiger partial charge in [-0.05, 0) is 43.0 Å². The summed E-state index contributed by atoms with van der Waals surface area (Å²) < 4.78 is 37.8. The van der Waals surface area contributed by atoms with Crippen LogP contribution in [0.15, 0.2) is 12.1 Å². The van der Waals surface area contributed by atoms with Crippen molar-refractivity contribution in [3.63, 3.8) is 0 Å². The number of hydrogen-bond acceptors (Lipinski definition) is 3. The first-order valence-corrected chi connectivity index (χ1v) is 6.93. The highest BCUT2D eigenvalue weighted by Crippen LogP contribution is 2.23. The molecule has 20 heavy (non-hydrogen) atoms. The number of benzene rings is 1. The monoisotopic (exact) mass is 287 g/mol. The van der Waals surface area contributed by atoms with Crippen LogP contribution in [0.5, 0.6) is 5.75 Å². The Bertz CT molecular complexity index is 388. The third kappa shape index (κ3) is 5.84. The zero-order valence-electron chi connectivity index (χ0n) is 12.1. The standard InChI is InChI=1S/C15H23F2NO2/c1-11(2)4-6-19-7-8-20-15-13(16)9-12(3-5-18)10-14(15)17/h9-11H,3-8,18H2,1-2H3. The molecule has 3 nitrogen and oxygen atoms in total. The lowest BCUT2D eigenvalue weighted by Gasteiger charge is -2.11. The number of hydrogen-bond donors (Lipinski definition) is 1. The summed E-state index contributed by atoms with van der Waals surface area (Å²) in [6.45, 7) is 5.63. The van der Waals surface area contributed by atoms with E-state index in [4.69, 9.17) is 15.2 Å². The second-order valence-electron chi connectivity index (χ2n) is 5.07. The van der Waals surface area contributed by atoms with Crippen LogP contribution in [-0.2, 0) is 11.2 Å². The van der Waals surface area contributed by atoms with E-state index in [2.05, 4.69) is 13.8 Å². The molecule has 0 saturated heterocycles. The van der Waals surface area contributed by atoms with Crippen molar-refractivity contribution in [3.8, 4) is 5.75 Å². The fourth-order valence-electron chi connectivity index (χ4n) is 1.69. The van der Waals surface area contributed by atoms with Crippen molar-refractivity contribution in [1.29, 1.82) is 0 Å². The number of nitrogens with two attached hydrogens (primary N) is 1. The van der Waals surface area contributed by atoms with Crippen molar-refractivity contribution < 1.29 is 18.3 Å². The maximum atomic E-state index is 13.7. The Labute approximate surface area is 119 Å². The summed E-state index contributed by atoms with van der Waals surface area (Å²) in [5.41, 5.74) is 5.88. The van der Waals surface area contributed by atoms with E-state index in [0.29, 0.717) is 37.7 Å². The van der Waals surface area contributed by atoms with E-state index in [1.165, 1.54) is 12.1 Å². The SMILES string of the molecule is CC(C)CCOCCOc1c(F)cc(CCN)cc1F. The first-order chi connectivity index (χ1) is 9.54. The molecule has 0 radical (unpaired) electrons. The molecule has 0 atom stereocenters. The van der Waals surface area contributed by atoms with Gasteiger partial charge in [-0.15, -0.1) is 0 Å². The van der Waals surface area contributed by atoms with Crippen LogP contribution in [0.25, 0.3) is 0 Å². The minimum absolute atomic E-state index is 0.127. The van der Waals surface area contributed by atoms with Gasteiger partial charge in [-0.3, -0.25) is 0 Å². The summed E-state index contributed by atoms with van der Waals surface area (Å²) in [4.78, 5) is 0. The fourth-order valence-corrected chi connectivity index (χ4v) is 1.69. The Hall–Kier alpha value is -1.20. The van der Waals surface area contributed by atoms with Gasteiger partial charge in [0.25, 0.3) is 0 Å². The average Bonchev–Trinajstić information content (AvgIpc) is 2.36. The Morgan fingerprint density at radius 3 is 2.30 bits per heavy atom. The molecule has 2 N–H and O–H groups in total. The van der Waals surface area contributed by atoms with Crippen molar-refractivity contribution >= 4 is 0 Å². The van der Waals surface area contributed by atoms with Gasteiger partial charge in [0.2, 0.25) is 0 Å². The van der Waals surface area contributed by atoms with Gasteiger partial charge in [0.15, 0.2) is 17.4 Å². The van der Waals surface area contributed by atoms with E-state index in [-0.39, 0.29) is 12.4 Å². The lowest BCUT2D eigenvalue weighted by Crippen LogP contribution is -2.11. The highest BCUT2D eigenvalue weighted by Gasteiger charge is 2.12. The van der Waals surface area contributed by atoms with Crippen LogP contribution < -0.4 is 10.5 Å². The molecular weight excluding hydrogens is 264 g/mol. The molecule has 0 aliphatic carbocycles. The van der Waals surface area contributed by atoms with Gasteiger partial charge >= 0.3 is 0 Å². The van der Waals surface area contributed by atoms with E-state index in [0.717, 1.165) is 6.42 Å². The number of halogens is 2. The molecule has 0 aliphatic rings. The van der Waals surface area contributed by atoms with Crippen molar-refractivity contribution in [2.45, 2.75) is 26.7 Å². The molecule has 0 aliphatic heterocycles. The van der Waals surface area contributed by atoms with E-state index < -0.39 is 11.6 Å². The smallest absolute Gasteiger partial charge is 0.190 e. The van der Waals surface area contributed by atoms with Crippen LogP contribution in [0.2, 0.25) is 0 Å². The zero-order valence-corrected chi connectivity index (χ0v) is 12.1. The quantitative estimate of drug-likeness (QED) is 0.710. The minimum Gasteiger partial charge on any atom is -0.485 e. The van der Waals surface area contributed by atoms with E-state index in [9.17, 15) is 8.78 Å². The molecule has 1 aromatic carbocycles. The second-order valence-corrected chi connectivity index (χ2v) is 5.07. The molecule has 0 saturated carbocycles. The zero-order chi connectivity index (χ0) is 15.0. The molecule has 5 heteroatoms. The third-order valence-corrected chi connectivity index (χ3v) is 2.80. The van der Waals surface area contributed by atoms with Gasteiger partial charge in [0.1, 0.15) is 6.61 Å². The molecule has 0 aromatic heterocycles. The van der Waals surface area contributed by atoms with Crippen LogP contribution in [0.1, 0.15) is 25.8 Å². The van der Waals surface area contributed by atoms with Gasteiger partial charge in [0, 0.05) is 6.61 Å². The highest BCUT2D eigenvalue weighted by molar-refractivity contribution is 5.31. The van der Waals surface area contributed by atoms with Crippen molar-refractivity contribution in [2.24, 2.45) is 11.7 Å². The lowest BCUT2D eigenvalue weighted by molar-refractivity contribution is 0.0899. The summed E-state index contributed by atoms with van der Waals surface area (Å²) in [6, 6.07) is 2.51. The molecule has 0 spiro atoms. The Kier molecular flexibility index (Phi) is 7.47. The minimum atomic E-state index is -0.698. The van der Waals surface area contributed by atoms with E-state index in [1.807, 2.05) is 0 Å². The van der Waals surface area contributed by atoms with Gasteiger partial charge in [-0.1, -0.05) is 13.8 Å². The van der Waals surface area contributed by atoms with Crippen LogP contribution in [0, 0.1) is 17.6 Å². The summed E-state index contributed by atoms with van der Waals surface area (Å²) in [6.07, 6.45) is 1.39. The van der Waals surface area contributed by atoms with Gasteiger partial charge in [-0.2, -0.15) is 0 Å². The molecule has 0 heterocycles. The predicted molar refractivity (Wildman–Crippen MR) is 74.9 cm³/mol. The Morgan fingerprint density at radius 1 is 1.10 bits per heavy atom. The largest absolute Gasteiger partial charge is 0.485 e. The van der Waals surface area contributed by atoms with Crippen molar-refractivity contribution in [3.05, 3.63) is 29.3 Å². The molecule has 0 unspecified atom stereocenters. The van der Waals surface area contributed by atoms with Crippen molar-refractivity contribution in [1.82, 2.24) is 0 Å². The number of ether oxygens (including phenoxy) is 2. The maximum absolute atomic E-state index is 13.7. The molecule has 0 amide bonds. The van der Waals surface area contributed by atoms with Crippen LogP contribution in [-0.4, -0.2) is 26.4 Å². The molecular formula is C15H23F2NO2.